The number of nitrogens with zero attached hydrogens (tertiary/aromatic N) is 2. The van der Waals surface area contributed by atoms with Gasteiger partial charge in [-0.2, -0.15) is 0 Å². The fourth-order valence-electron chi connectivity index (χ4n) is 1.18. The molecule has 78 valence electrons. The van der Waals surface area contributed by atoms with E-state index in [0.29, 0.717) is 6.04 Å². The van der Waals surface area contributed by atoms with E-state index >= 15 is 0 Å². The van der Waals surface area contributed by atoms with Gasteiger partial charge in [-0.25, -0.2) is 4.31 Å². The molecule has 1 atom stereocenters. The quantitative estimate of drug-likeness (QED) is 0.782. The zero-order chi connectivity index (χ0) is 10.6. The highest BCUT2D eigenvalue weighted by atomic mass is 79.9. The highest BCUT2D eigenvalue weighted by molar-refractivity contribution is 9.10. The summed E-state index contributed by atoms with van der Waals surface area (Å²) in [5.41, 5.74) is 1.24. The molecule has 0 bridgehead atoms. The molecule has 1 rings (SSSR count). The van der Waals surface area contributed by atoms with Crippen LogP contribution in [0, 0.1) is 0 Å². The molecular weight excluding hydrogens is 260 g/mol. The van der Waals surface area contributed by atoms with Crippen molar-refractivity contribution in [3.8, 4) is 0 Å². The topological polar surface area (TPSA) is 16.1 Å². The lowest BCUT2D eigenvalue weighted by atomic mass is 10.1. The van der Waals surface area contributed by atoms with Crippen LogP contribution in [0.5, 0.6) is 0 Å². The Labute approximate surface area is 98.4 Å². The maximum Gasteiger partial charge on any atom is 0.0436 e. The molecule has 0 aliphatic carbocycles. The lowest BCUT2D eigenvalue weighted by Crippen LogP contribution is -2.15. The second-order valence-electron chi connectivity index (χ2n) is 3.08. The van der Waals surface area contributed by atoms with Gasteiger partial charge in [-0.15, -0.1) is 0 Å². The minimum atomic E-state index is 0.393. The maximum absolute atomic E-state index is 4.17. The van der Waals surface area contributed by atoms with Crippen LogP contribution in [0.3, 0.4) is 0 Å². The monoisotopic (exact) mass is 274 g/mol. The van der Waals surface area contributed by atoms with Crippen molar-refractivity contribution in [2.75, 3.05) is 12.8 Å². The average Bonchev–Trinajstić information content (AvgIpc) is 2.17. The summed E-state index contributed by atoms with van der Waals surface area (Å²) in [5.74, 6) is 1.10. The number of halogens is 1. The zero-order valence-electron chi connectivity index (χ0n) is 8.70. The lowest BCUT2D eigenvalue weighted by molar-refractivity contribution is 0.452. The van der Waals surface area contributed by atoms with Gasteiger partial charge in [0, 0.05) is 28.7 Å². The van der Waals surface area contributed by atoms with Crippen molar-refractivity contribution < 1.29 is 0 Å². The minimum absolute atomic E-state index is 0.393. The van der Waals surface area contributed by atoms with Crippen LogP contribution < -0.4 is 0 Å². The SMILES string of the molecule is CCSN(C)C(C)c1cncc(Br)c1. The Morgan fingerprint density at radius 3 is 2.86 bits per heavy atom. The molecule has 2 nitrogen and oxygen atoms in total. The third-order valence-corrected chi connectivity index (χ3v) is 3.50. The molecular formula is C10H15BrN2S. The minimum Gasteiger partial charge on any atom is -0.263 e. The summed E-state index contributed by atoms with van der Waals surface area (Å²) in [7, 11) is 2.11. The van der Waals surface area contributed by atoms with Gasteiger partial charge in [0.05, 0.1) is 0 Å². The number of aromatic nitrogens is 1. The summed E-state index contributed by atoms with van der Waals surface area (Å²) in [6.45, 7) is 4.35. The van der Waals surface area contributed by atoms with Crippen molar-refractivity contribution in [2.45, 2.75) is 19.9 Å². The fourth-order valence-corrected chi connectivity index (χ4v) is 2.32. The number of hydrogen-bond donors (Lipinski definition) is 0. The van der Waals surface area contributed by atoms with Crippen molar-refractivity contribution in [3.05, 3.63) is 28.5 Å². The smallest absolute Gasteiger partial charge is 0.0436 e. The summed E-state index contributed by atoms with van der Waals surface area (Å²) in [6, 6.07) is 2.51. The molecule has 1 aromatic heterocycles. The Morgan fingerprint density at radius 2 is 2.29 bits per heavy atom. The van der Waals surface area contributed by atoms with E-state index in [0.717, 1.165) is 10.2 Å². The van der Waals surface area contributed by atoms with Gasteiger partial charge in [0.2, 0.25) is 0 Å². The van der Waals surface area contributed by atoms with Crippen LogP contribution >= 0.6 is 27.9 Å². The number of rotatable bonds is 4. The second kappa shape index (κ2) is 5.73. The molecule has 4 heteroatoms. The molecule has 0 aromatic carbocycles. The van der Waals surface area contributed by atoms with Gasteiger partial charge < -0.3 is 0 Å². The van der Waals surface area contributed by atoms with Crippen molar-refractivity contribution in [2.24, 2.45) is 0 Å². The van der Waals surface area contributed by atoms with E-state index < -0.39 is 0 Å². The normalized spacial score (nSPS) is 13.2. The maximum atomic E-state index is 4.17. The molecule has 0 N–H and O–H groups in total. The molecule has 0 saturated carbocycles. The predicted molar refractivity (Wildman–Crippen MR) is 66.2 cm³/mol. The van der Waals surface area contributed by atoms with Crippen LogP contribution in [0.25, 0.3) is 0 Å². The summed E-state index contributed by atoms with van der Waals surface area (Å²) in [5, 5.41) is 0. The Balaban J connectivity index is 2.73. The first-order chi connectivity index (χ1) is 6.65. The fraction of sp³-hybridized carbons (Fsp3) is 0.500. The van der Waals surface area contributed by atoms with E-state index in [1.807, 2.05) is 24.3 Å². The molecule has 0 spiro atoms. The van der Waals surface area contributed by atoms with Gasteiger partial charge in [-0.1, -0.05) is 18.9 Å². The van der Waals surface area contributed by atoms with Crippen molar-refractivity contribution in [1.82, 2.24) is 9.29 Å². The Morgan fingerprint density at radius 1 is 1.57 bits per heavy atom. The summed E-state index contributed by atoms with van der Waals surface area (Å²) in [6.07, 6.45) is 3.73. The second-order valence-corrected chi connectivity index (χ2v) is 5.40. The molecule has 1 aromatic rings. The molecule has 14 heavy (non-hydrogen) atoms. The highest BCUT2D eigenvalue weighted by Crippen LogP contribution is 2.25. The predicted octanol–water partition coefficient (Wildman–Crippen LogP) is 3.51. The van der Waals surface area contributed by atoms with Gasteiger partial charge in [0.15, 0.2) is 0 Å². The van der Waals surface area contributed by atoms with E-state index in [1.165, 1.54) is 5.56 Å². The standard InChI is InChI=1S/C10H15BrN2S/c1-4-14-13(3)8(2)9-5-10(11)7-12-6-9/h5-8H,4H2,1-3H3. The van der Waals surface area contributed by atoms with Gasteiger partial charge in [-0.05, 0) is 41.5 Å². The van der Waals surface area contributed by atoms with Crippen molar-refractivity contribution in [1.29, 1.82) is 0 Å². The number of pyridine rings is 1. The van der Waals surface area contributed by atoms with Crippen LogP contribution in [0.4, 0.5) is 0 Å². The first kappa shape index (κ1) is 12.0. The first-order valence-electron chi connectivity index (χ1n) is 4.61. The van der Waals surface area contributed by atoms with E-state index in [-0.39, 0.29) is 0 Å². The lowest BCUT2D eigenvalue weighted by Gasteiger charge is -2.22. The van der Waals surface area contributed by atoms with Crippen LogP contribution in [-0.4, -0.2) is 22.1 Å². The first-order valence-corrected chi connectivity index (χ1v) is 6.35. The molecule has 0 aliphatic heterocycles. The van der Waals surface area contributed by atoms with Gasteiger partial charge in [0.1, 0.15) is 0 Å². The molecule has 0 radical (unpaired) electrons. The third kappa shape index (κ3) is 3.26. The molecule has 0 fully saturated rings. The largest absolute Gasteiger partial charge is 0.263 e. The van der Waals surface area contributed by atoms with Gasteiger partial charge in [0.25, 0.3) is 0 Å². The van der Waals surface area contributed by atoms with Crippen LogP contribution in [-0.2, 0) is 0 Å². The van der Waals surface area contributed by atoms with E-state index in [9.17, 15) is 0 Å². The van der Waals surface area contributed by atoms with E-state index in [1.54, 1.807) is 0 Å². The Kier molecular flexibility index (Phi) is 4.92. The van der Waals surface area contributed by atoms with Gasteiger partial charge >= 0.3 is 0 Å². The van der Waals surface area contributed by atoms with Crippen LogP contribution in [0.15, 0.2) is 22.9 Å². The molecule has 0 saturated heterocycles. The van der Waals surface area contributed by atoms with E-state index in [4.69, 9.17) is 0 Å². The van der Waals surface area contributed by atoms with Crippen LogP contribution in [0.1, 0.15) is 25.5 Å². The number of hydrogen-bond acceptors (Lipinski definition) is 3. The molecule has 1 unspecified atom stereocenters. The molecule has 0 aliphatic rings. The molecule has 1 heterocycles. The zero-order valence-corrected chi connectivity index (χ0v) is 11.1. The van der Waals surface area contributed by atoms with E-state index in [2.05, 4.69) is 52.2 Å². The third-order valence-electron chi connectivity index (χ3n) is 2.09. The van der Waals surface area contributed by atoms with Gasteiger partial charge in [-0.3, -0.25) is 4.98 Å². The summed E-state index contributed by atoms with van der Waals surface area (Å²) >= 11 is 5.26. The highest BCUT2D eigenvalue weighted by Gasteiger charge is 2.11. The molecule has 0 amide bonds. The van der Waals surface area contributed by atoms with Crippen molar-refractivity contribution >= 4 is 27.9 Å². The van der Waals surface area contributed by atoms with Crippen molar-refractivity contribution in [3.63, 3.8) is 0 Å². The average molecular weight is 275 g/mol. The van der Waals surface area contributed by atoms with Crippen LogP contribution in [0.2, 0.25) is 0 Å². The summed E-state index contributed by atoms with van der Waals surface area (Å²) in [4.78, 5) is 4.17. The Hall–Kier alpha value is -0.0600. The Bertz CT molecular complexity index is 293. The summed E-state index contributed by atoms with van der Waals surface area (Å²) < 4.78 is 3.29.